The molecule has 7 nitrogen and oxygen atoms in total. The van der Waals surface area contributed by atoms with Gasteiger partial charge in [0.2, 0.25) is 10.0 Å². The van der Waals surface area contributed by atoms with Gasteiger partial charge in [0.05, 0.1) is 6.10 Å². The van der Waals surface area contributed by atoms with Crippen LogP contribution in [0.15, 0.2) is 21.6 Å². The van der Waals surface area contributed by atoms with Crippen LogP contribution >= 0.6 is 15.9 Å². The summed E-state index contributed by atoms with van der Waals surface area (Å²) < 4.78 is 33.3. The monoisotopic (exact) mass is 378 g/mol. The summed E-state index contributed by atoms with van der Waals surface area (Å²) in [6.45, 7) is 1.08. The van der Waals surface area contributed by atoms with Crippen LogP contribution in [0.25, 0.3) is 0 Å². The molecule has 0 spiro atoms. The molecular weight excluding hydrogens is 360 g/mol. The maximum Gasteiger partial charge on any atom is 0.244 e. The molecule has 2 heterocycles. The second-order valence-corrected chi connectivity index (χ2v) is 7.47. The van der Waals surface area contributed by atoms with E-state index in [-0.39, 0.29) is 16.8 Å². The minimum Gasteiger partial charge on any atom is -0.378 e. The standard InChI is InChI=1S/C12H19BrN4O3S/c13-9-7-11(12(17-14)15-8-9)21(18,19)16-5-4-10-3-1-2-6-20-10/h7-8,10,16H,1-6,14H2,(H,15,17). The van der Waals surface area contributed by atoms with Crippen LogP contribution in [0, 0.1) is 0 Å². The van der Waals surface area contributed by atoms with E-state index < -0.39 is 10.0 Å². The first-order valence-corrected chi connectivity index (χ1v) is 9.04. The topological polar surface area (TPSA) is 106 Å². The molecule has 1 aliphatic heterocycles. The van der Waals surface area contributed by atoms with Gasteiger partial charge in [-0.15, -0.1) is 0 Å². The number of nitrogens with zero attached hydrogens (tertiary/aromatic N) is 1. The highest BCUT2D eigenvalue weighted by molar-refractivity contribution is 9.10. The molecule has 0 aromatic carbocycles. The van der Waals surface area contributed by atoms with Crippen LogP contribution < -0.4 is 16.0 Å². The van der Waals surface area contributed by atoms with Crippen LogP contribution in [0.4, 0.5) is 5.82 Å². The molecule has 0 saturated carbocycles. The number of hydrazine groups is 1. The highest BCUT2D eigenvalue weighted by Crippen LogP contribution is 2.22. The Hall–Kier alpha value is -0.740. The van der Waals surface area contributed by atoms with Crippen LogP contribution in [-0.4, -0.2) is 32.7 Å². The lowest BCUT2D eigenvalue weighted by molar-refractivity contribution is 0.0123. The molecule has 0 aliphatic carbocycles. The van der Waals surface area contributed by atoms with Crippen LogP contribution in [0.5, 0.6) is 0 Å². The maximum absolute atomic E-state index is 12.3. The third-order valence-electron chi connectivity index (χ3n) is 3.28. The number of pyridine rings is 1. The summed E-state index contributed by atoms with van der Waals surface area (Å²) in [4.78, 5) is 3.95. The zero-order valence-electron chi connectivity index (χ0n) is 11.5. The third-order valence-corrected chi connectivity index (χ3v) is 5.19. The molecule has 1 atom stereocenters. The van der Waals surface area contributed by atoms with Crippen molar-refractivity contribution in [2.24, 2.45) is 5.84 Å². The first-order chi connectivity index (χ1) is 10.0. The molecule has 9 heteroatoms. The Balaban J connectivity index is 1.99. The van der Waals surface area contributed by atoms with E-state index in [1.807, 2.05) is 0 Å². The van der Waals surface area contributed by atoms with E-state index in [0.29, 0.717) is 17.4 Å². The molecule has 2 rings (SSSR count). The molecule has 0 radical (unpaired) electrons. The SMILES string of the molecule is NNc1ncc(Br)cc1S(=O)(=O)NCCC1CCCCO1. The maximum atomic E-state index is 12.3. The van der Waals surface area contributed by atoms with Gasteiger partial charge in [-0.1, -0.05) is 0 Å². The number of ether oxygens (including phenoxy) is 1. The van der Waals surface area contributed by atoms with Crippen molar-refractivity contribution in [3.63, 3.8) is 0 Å². The minimum absolute atomic E-state index is 0.0175. The fraction of sp³-hybridized carbons (Fsp3) is 0.583. The van der Waals surface area contributed by atoms with E-state index in [2.05, 4.69) is 31.1 Å². The number of nitrogen functional groups attached to an aromatic ring is 1. The first-order valence-electron chi connectivity index (χ1n) is 6.76. The van der Waals surface area contributed by atoms with Gasteiger partial charge in [-0.05, 0) is 47.7 Å². The molecule has 21 heavy (non-hydrogen) atoms. The molecular formula is C12H19BrN4O3S. The average molecular weight is 379 g/mol. The summed E-state index contributed by atoms with van der Waals surface area (Å²) in [7, 11) is -3.67. The number of halogens is 1. The number of hydrogen-bond acceptors (Lipinski definition) is 6. The van der Waals surface area contributed by atoms with E-state index in [9.17, 15) is 8.42 Å². The van der Waals surface area contributed by atoms with Crippen LogP contribution in [0.2, 0.25) is 0 Å². The summed E-state index contributed by atoms with van der Waals surface area (Å²) in [5.41, 5.74) is 2.29. The first kappa shape index (κ1) is 16.6. The van der Waals surface area contributed by atoms with E-state index in [1.54, 1.807) is 0 Å². The third kappa shape index (κ3) is 4.62. The van der Waals surface area contributed by atoms with Gasteiger partial charge in [0.25, 0.3) is 0 Å². The van der Waals surface area contributed by atoms with E-state index >= 15 is 0 Å². The summed E-state index contributed by atoms with van der Waals surface area (Å²) in [6, 6.07) is 1.46. The smallest absolute Gasteiger partial charge is 0.244 e. The van der Waals surface area contributed by atoms with Gasteiger partial charge >= 0.3 is 0 Å². The molecule has 0 amide bonds. The molecule has 1 aliphatic rings. The van der Waals surface area contributed by atoms with E-state index in [4.69, 9.17) is 10.6 Å². The highest BCUT2D eigenvalue weighted by Gasteiger charge is 2.21. The Labute approximate surface area is 132 Å². The number of rotatable bonds is 6. The van der Waals surface area contributed by atoms with Gasteiger partial charge in [-0.25, -0.2) is 24.0 Å². The fourth-order valence-electron chi connectivity index (χ4n) is 2.20. The van der Waals surface area contributed by atoms with Crippen LogP contribution in [-0.2, 0) is 14.8 Å². The molecule has 1 fully saturated rings. The Morgan fingerprint density at radius 1 is 1.48 bits per heavy atom. The van der Waals surface area contributed by atoms with Gasteiger partial charge in [0.15, 0.2) is 5.82 Å². The van der Waals surface area contributed by atoms with Gasteiger partial charge < -0.3 is 10.2 Å². The number of nitrogens with one attached hydrogen (secondary N) is 2. The molecule has 1 saturated heterocycles. The number of sulfonamides is 1. The highest BCUT2D eigenvalue weighted by atomic mass is 79.9. The van der Waals surface area contributed by atoms with Crippen molar-refractivity contribution in [1.82, 2.24) is 9.71 Å². The van der Waals surface area contributed by atoms with Gasteiger partial charge in [-0.3, -0.25) is 0 Å². The van der Waals surface area contributed by atoms with Crippen LogP contribution in [0.3, 0.4) is 0 Å². The van der Waals surface area contributed by atoms with E-state index in [0.717, 1.165) is 25.9 Å². The summed E-state index contributed by atoms with van der Waals surface area (Å²) in [6.07, 6.45) is 5.46. The Kier molecular flexibility index (Phi) is 5.94. The molecule has 1 unspecified atom stereocenters. The van der Waals surface area contributed by atoms with Crippen molar-refractivity contribution in [3.05, 3.63) is 16.7 Å². The number of aromatic nitrogens is 1. The van der Waals surface area contributed by atoms with Gasteiger partial charge in [0, 0.05) is 23.8 Å². The van der Waals surface area contributed by atoms with Gasteiger partial charge in [0.1, 0.15) is 4.90 Å². The normalized spacial score (nSPS) is 19.4. The number of hydrogen-bond donors (Lipinski definition) is 3. The predicted molar refractivity (Wildman–Crippen MR) is 83.1 cm³/mol. The Bertz CT molecular complexity index is 576. The number of nitrogens with two attached hydrogens (primary N) is 1. The average Bonchev–Trinajstić information content (AvgIpc) is 2.48. The van der Waals surface area contributed by atoms with Crippen molar-refractivity contribution >= 4 is 31.8 Å². The summed E-state index contributed by atoms with van der Waals surface area (Å²) in [5, 5.41) is 0. The van der Waals surface area contributed by atoms with E-state index in [1.165, 1.54) is 12.3 Å². The van der Waals surface area contributed by atoms with Crippen molar-refractivity contribution in [1.29, 1.82) is 0 Å². The second kappa shape index (κ2) is 7.50. The molecule has 1 aromatic rings. The minimum atomic E-state index is -3.67. The Morgan fingerprint density at radius 2 is 2.29 bits per heavy atom. The van der Waals surface area contributed by atoms with Gasteiger partial charge in [-0.2, -0.15) is 0 Å². The molecule has 0 bridgehead atoms. The Morgan fingerprint density at radius 3 is 2.95 bits per heavy atom. The largest absolute Gasteiger partial charge is 0.378 e. The molecule has 1 aromatic heterocycles. The van der Waals surface area contributed by atoms with Crippen molar-refractivity contribution in [2.75, 3.05) is 18.6 Å². The lowest BCUT2D eigenvalue weighted by Gasteiger charge is -2.22. The lowest BCUT2D eigenvalue weighted by Crippen LogP contribution is -2.30. The van der Waals surface area contributed by atoms with Crippen LogP contribution in [0.1, 0.15) is 25.7 Å². The van der Waals surface area contributed by atoms with Crippen molar-refractivity contribution in [2.45, 2.75) is 36.7 Å². The summed E-state index contributed by atoms with van der Waals surface area (Å²) >= 11 is 3.21. The van der Waals surface area contributed by atoms with Crippen molar-refractivity contribution in [3.8, 4) is 0 Å². The molecule has 4 N–H and O–H groups in total. The zero-order valence-corrected chi connectivity index (χ0v) is 13.9. The number of anilines is 1. The lowest BCUT2D eigenvalue weighted by atomic mass is 10.1. The van der Waals surface area contributed by atoms with Crippen molar-refractivity contribution < 1.29 is 13.2 Å². The second-order valence-electron chi connectivity index (χ2n) is 4.82. The molecule has 118 valence electrons. The predicted octanol–water partition coefficient (Wildman–Crippen LogP) is 1.37. The zero-order chi connectivity index (χ0) is 15.3. The fourth-order valence-corrected chi connectivity index (χ4v) is 3.87. The quantitative estimate of drug-likeness (QED) is 0.509. The summed E-state index contributed by atoms with van der Waals surface area (Å²) in [5.74, 6) is 5.41.